The average molecular weight is 311 g/mol. The molecular weight excluding hydrogens is 290 g/mol. The van der Waals surface area contributed by atoms with Crippen molar-refractivity contribution < 1.29 is 4.79 Å². The number of anilines is 1. The zero-order valence-electron chi connectivity index (χ0n) is 13.3. The van der Waals surface area contributed by atoms with Gasteiger partial charge in [-0.15, -0.1) is 0 Å². The summed E-state index contributed by atoms with van der Waals surface area (Å²) in [4.78, 5) is 21.2. The standard InChI is InChI=1S/C17H21N5O/c1-20-11-15(8-19-20)22-7-4-14-10-21(12-16(14)17(22)23)9-13-2-5-18-6-3-13/h2-3,5-6,8,11,14,16H,4,7,9-10,12H2,1H3/t14-,16-/m1/s1. The Morgan fingerprint density at radius 2 is 2.09 bits per heavy atom. The minimum absolute atomic E-state index is 0.116. The lowest BCUT2D eigenvalue weighted by Gasteiger charge is -2.32. The lowest BCUT2D eigenvalue weighted by molar-refractivity contribution is -0.124. The molecule has 1 amide bonds. The first-order valence-corrected chi connectivity index (χ1v) is 8.12. The predicted molar refractivity (Wildman–Crippen MR) is 86.7 cm³/mol. The Balaban J connectivity index is 1.46. The van der Waals surface area contributed by atoms with Crippen molar-refractivity contribution in [1.29, 1.82) is 0 Å². The number of likely N-dealkylation sites (tertiary alicyclic amines) is 1. The second-order valence-electron chi connectivity index (χ2n) is 6.57. The fraction of sp³-hybridized carbons (Fsp3) is 0.471. The Morgan fingerprint density at radius 1 is 1.26 bits per heavy atom. The Morgan fingerprint density at radius 3 is 2.83 bits per heavy atom. The summed E-state index contributed by atoms with van der Waals surface area (Å²) in [7, 11) is 1.88. The molecule has 0 bridgehead atoms. The molecule has 2 saturated heterocycles. The van der Waals surface area contributed by atoms with Crippen molar-refractivity contribution >= 4 is 11.6 Å². The second kappa shape index (κ2) is 5.77. The number of rotatable bonds is 3. The zero-order valence-corrected chi connectivity index (χ0v) is 13.3. The number of fused-ring (bicyclic) bond motifs is 1. The normalized spacial score (nSPS) is 24.9. The van der Waals surface area contributed by atoms with Crippen LogP contribution in [0.3, 0.4) is 0 Å². The number of carbonyl (C=O) groups is 1. The summed E-state index contributed by atoms with van der Waals surface area (Å²) in [6, 6.07) is 4.09. The highest BCUT2D eigenvalue weighted by molar-refractivity contribution is 5.96. The maximum atomic E-state index is 12.9. The number of pyridine rings is 1. The molecule has 0 N–H and O–H groups in total. The smallest absolute Gasteiger partial charge is 0.231 e. The fourth-order valence-corrected chi connectivity index (χ4v) is 3.82. The Labute approximate surface area is 135 Å². The van der Waals surface area contributed by atoms with Gasteiger partial charge in [0.1, 0.15) is 0 Å². The number of hydrogen-bond donors (Lipinski definition) is 0. The molecule has 6 heteroatoms. The van der Waals surface area contributed by atoms with E-state index < -0.39 is 0 Å². The van der Waals surface area contributed by atoms with Crippen LogP contribution in [-0.2, 0) is 18.4 Å². The van der Waals surface area contributed by atoms with Gasteiger partial charge in [0, 0.05) is 51.8 Å². The molecule has 0 spiro atoms. The number of amides is 1. The van der Waals surface area contributed by atoms with Gasteiger partial charge in [0.25, 0.3) is 0 Å². The van der Waals surface area contributed by atoms with Crippen molar-refractivity contribution in [3.63, 3.8) is 0 Å². The summed E-state index contributed by atoms with van der Waals surface area (Å²) >= 11 is 0. The van der Waals surface area contributed by atoms with Crippen molar-refractivity contribution in [3.8, 4) is 0 Å². The van der Waals surface area contributed by atoms with Gasteiger partial charge in [-0.3, -0.25) is 19.4 Å². The molecule has 2 fully saturated rings. The Hall–Kier alpha value is -2.21. The number of piperidine rings is 1. The third-order valence-electron chi connectivity index (χ3n) is 4.98. The van der Waals surface area contributed by atoms with Crippen LogP contribution in [0, 0.1) is 11.8 Å². The fourth-order valence-electron chi connectivity index (χ4n) is 3.82. The summed E-state index contributed by atoms with van der Waals surface area (Å²) in [5.74, 6) is 0.856. The van der Waals surface area contributed by atoms with Crippen molar-refractivity contribution in [2.45, 2.75) is 13.0 Å². The molecule has 0 aliphatic carbocycles. The molecule has 0 radical (unpaired) electrons. The lowest BCUT2D eigenvalue weighted by atomic mass is 9.88. The summed E-state index contributed by atoms with van der Waals surface area (Å²) < 4.78 is 1.75. The van der Waals surface area contributed by atoms with Crippen molar-refractivity contribution in [3.05, 3.63) is 42.5 Å². The van der Waals surface area contributed by atoms with Crippen LogP contribution in [-0.4, -0.2) is 45.2 Å². The van der Waals surface area contributed by atoms with E-state index in [0.29, 0.717) is 5.92 Å². The van der Waals surface area contributed by atoms with Crippen LogP contribution in [0.4, 0.5) is 5.69 Å². The van der Waals surface area contributed by atoms with Gasteiger partial charge in [0.05, 0.1) is 17.8 Å². The van der Waals surface area contributed by atoms with Crippen molar-refractivity contribution in [2.75, 3.05) is 24.5 Å². The molecule has 0 aromatic carbocycles. The molecule has 2 aromatic rings. The van der Waals surface area contributed by atoms with E-state index in [9.17, 15) is 4.79 Å². The summed E-state index contributed by atoms with van der Waals surface area (Å²) in [5.41, 5.74) is 2.18. The van der Waals surface area contributed by atoms with Crippen LogP contribution in [0.25, 0.3) is 0 Å². The highest BCUT2D eigenvalue weighted by atomic mass is 16.2. The maximum Gasteiger partial charge on any atom is 0.231 e. The first kappa shape index (κ1) is 14.4. The minimum atomic E-state index is 0.116. The first-order valence-electron chi connectivity index (χ1n) is 8.12. The maximum absolute atomic E-state index is 12.9. The molecule has 6 nitrogen and oxygen atoms in total. The summed E-state index contributed by atoms with van der Waals surface area (Å²) in [6.07, 6.45) is 8.42. The van der Waals surface area contributed by atoms with Gasteiger partial charge in [-0.25, -0.2) is 0 Å². The van der Waals surface area contributed by atoms with Gasteiger partial charge in [-0.2, -0.15) is 5.10 Å². The zero-order chi connectivity index (χ0) is 15.8. The second-order valence-corrected chi connectivity index (χ2v) is 6.57. The largest absolute Gasteiger partial charge is 0.309 e. The van der Waals surface area contributed by atoms with E-state index in [4.69, 9.17) is 0 Å². The first-order chi connectivity index (χ1) is 11.2. The molecular formula is C17H21N5O. The summed E-state index contributed by atoms with van der Waals surface area (Å²) in [6.45, 7) is 3.56. The SMILES string of the molecule is Cn1cc(N2CC[C@@H]3CN(Cc4ccncc4)C[C@H]3C2=O)cn1. The van der Waals surface area contributed by atoms with Crippen LogP contribution in [0.5, 0.6) is 0 Å². The number of carbonyl (C=O) groups excluding carboxylic acids is 1. The van der Waals surface area contributed by atoms with Crippen molar-refractivity contribution in [1.82, 2.24) is 19.7 Å². The number of nitrogens with zero attached hydrogens (tertiary/aromatic N) is 5. The number of aryl methyl sites for hydroxylation is 1. The molecule has 23 heavy (non-hydrogen) atoms. The van der Waals surface area contributed by atoms with E-state index in [2.05, 4.69) is 15.0 Å². The molecule has 4 rings (SSSR count). The van der Waals surface area contributed by atoms with Gasteiger partial charge < -0.3 is 4.90 Å². The Kier molecular flexibility index (Phi) is 3.61. The van der Waals surface area contributed by atoms with Crippen LogP contribution in [0.1, 0.15) is 12.0 Å². The van der Waals surface area contributed by atoms with Gasteiger partial charge in [0.15, 0.2) is 0 Å². The third kappa shape index (κ3) is 2.74. The number of hydrogen-bond acceptors (Lipinski definition) is 4. The van der Waals surface area contributed by atoms with E-state index in [-0.39, 0.29) is 11.8 Å². The topological polar surface area (TPSA) is 54.3 Å². The van der Waals surface area contributed by atoms with E-state index in [0.717, 1.165) is 38.3 Å². The molecule has 0 unspecified atom stereocenters. The van der Waals surface area contributed by atoms with Gasteiger partial charge in [-0.1, -0.05) is 0 Å². The molecule has 120 valence electrons. The minimum Gasteiger partial charge on any atom is -0.309 e. The van der Waals surface area contributed by atoms with Crippen LogP contribution < -0.4 is 4.90 Å². The highest BCUT2D eigenvalue weighted by Gasteiger charge is 2.43. The molecule has 2 aliphatic heterocycles. The summed E-state index contributed by atoms with van der Waals surface area (Å²) in [5, 5.41) is 4.19. The molecule has 2 atom stereocenters. The quantitative estimate of drug-likeness (QED) is 0.857. The third-order valence-corrected chi connectivity index (χ3v) is 4.98. The van der Waals surface area contributed by atoms with Crippen molar-refractivity contribution in [2.24, 2.45) is 18.9 Å². The van der Waals surface area contributed by atoms with Crippen LogP contribution in [0.2, 0.25) is 0 Å². The van der Waals surface area contributed by atoms with Gasteiger partial charge in [0.2, 0.25) is 5.91 Å². The van der Waals surface area contributed by atoms with E-state index in [1.807, 2.05) is 42.7 Å². The van der Waals surface area contributed by atoms with Crippen LogP contribution >= 0.6 is 0 Å². The number of aromatic nitrogens is 3. The molecule has 0 saturated carbocycles. The highest BCUT2D eigenvalue weighted by Crippen LogP contribution is 2.34. The Bertz CT molecular complexity index is 698. The van der Waals surface area contributed by atoms with Gasteiger partial charge in [-0.05, 0) is 30.0 Å². The van der Waals surface area contributed by atoms with Crippen LogP contribution in [0.15, 0.2) is 36.9 Å². The molecule has 4 heterocycles. The monoisotopic (exact) mass is 311 g/mol. The average Bonchev–Trinajstić information content (AvgIpc) is 3.15. The molecule has 2 aromatic heterocycles. The predicted octanol–water partition coefficient (Wildman–Crippen LogP) is 1.30. The van der Waals surface area contributed by atoms with E-state index >= 15 is 0 Å². The van der Waals surface area contributed by atoms with E-state index in [1.165, 1.54) is 5.56 Å². The lowest BCUT2D eigenvalue weighted by Crippen LogP contribution is -2.45. The van der Waals surface area contributed by atoms with E-state index in [1.54, 1.807) is 10.9 Å². The molecule has 2 aliphatic rings. The van der Waals surface area contributed by atoms with Gasteiger partial charge >= 0.3 is 0 Å².